The van der Waals surface area contributed by atoms with E-state index in [0.717, 1.165) is 71.0 Å². The number of thiophene rings is 1. The molecule has 0 atom stereocenters. The van der Waals surface area contributed by atoms with Gasteiger partial charge in [-0.1, -0.05) is 18.7 Å². The molecule has 2 fully saturated rings. The summed E-state index contributed by atoms with van der Waals surface area (Å²) in [7, 11) is 0. The van der Waals surface area contributed by atoms with Gasteiger partial charge in [-0.05, 0) is 50.3 Å². The van der Waals surface area contributed by atoms with Gasteiger partial charge in [0, 0.05) is 26.2 Å². The third-order valence-electron chi connectivity index (χ3n) is 5.47. The third-order valence-corrected chi connectivity index (χ3v) is 7.04. The Morgan fingerprint density at radius 2 is 1.88 bits per heavy atom. The monoisotopic (exact) mass is 390 g/mol. The molecule has 0 N–H and O–H groups in total. The van der Waals surface area contributed by atoms with Crippen molar-refractivity contribution in [3.63, 3.8) is 0 Å². The number of carbonyl (C=O) groups excluding carboxylic acids is 1. The Morgan fingerprint density at radius 1 is 1.15 bits per heavy atom. The maximum atomic E-state index is 13.0. The lowest BCUT2D eigenvalue weighted by Gasteiger charge is -2.29. The Kier molecular flexibility index (Phi) is 5.36. The van der Waals surface area contributed by atoms with Crippen LogP contribution >= 0.6 is 23.1 Å². The van der Waals surface area contributed by atoms with Gasteiger partial charge in [0.1, 0.15) is 10.6 Å². The molecule has 2 aromatic rings. The van der Waals surface area contributed by atoms with Crippen LogP contribution in [0, 0.1) is 5.92 Å². The van der Waals surface area contributed by atoms with Gasteiger partial charge in [-0.15, -0.1) is 11.3 Å². The number of nitrogens with zero attached hydrogens (tertiary/aromatic N) is 4. The molecular weight excluding hydrogens is 364 g/mol. The van der Waals surface area contributed by atoms with Crippen molar-refractivity contribution < 1.29 is 4.79 Å². The van der Waals surface area contributed by atoms with E-state index in [2.05, 4.69) is 16.8 Å². The van der Waals surface area contributed by atoms with E-state index in [9.17, 15) is 4.79 Å². The molecule has 1 amide bonds. The summed E-state index contributed by atoms with van der Waals surface area (Å²) >= 11 is 3.10. The van der Waals surface area contributed by atoms with Crippen LogP contribution in [-0.2, 0) is 0 Å². The zero-order valence-corrected chi connectivity index (χ0v) is 17.2. The van der Waals surface area contributed by atoms with Gasteiger partial charge in [-0.2, -0.15) is 0 Å². The summed E-state index contributed by atoms with van der Waals surface area (Å²) in [4.78, 5) is 28.6. The lowest BCUT2D eigenvalue weighted by molar-refractivity contribution is 0.0702. The van der Waals surface area contributed by atoms with Crippen LogP contribution in [0.5, 0.6) is 0 Å². The Morgan fingerprint density at radius 3 is 2.58 bits per heavy atom. The summed E-state index contributed by atoms with van der Waals surface area (Å²) < 4.78 is 0. The molecule has 2 aliphatic rings. The number of hydrogen-bond donors (Lipinski definition) is 0. The van der Waals surface area contributed by atoms with Crippen LogP contribution in [0.3, 0.4) is 0 Å². The number of thioether (sulfide) groups is 1. The molecular formula is C19H26N4OS2. The lowest BCUT2D eigenvalue weighted by Crippen LogP contribution is -2.37. The topological polar surface area (TPSA) is 49.3 Å². The number of rotatable bonds is 3. The lowest BCUT2D eigenvalue weighted by atomic mass is 9.99. The highest BCUT2D eigenvalue weighted by molar-refractivity contribution is 7.98. The second kappa shape index (κ2) is 7.72. The van der Waals surface area contributed by atoms with Crippen molar-refractivity contribution in [1.29, 1.82) is 0 Å². The molecule has 0 saturated carbocycles. The molecule has 4 heterocycles. The Hall–Kier alpha value is -1.34. The van der Waals surface area contributed by atoms with E-state index in [0.29, 0.717) is 0 Å². The fraction of sp³-hybridized carbons (Fsp3) is 0.632. The first kappa shape index (κ1) is 18.0. The van der Waals surface area contributed by atoms with Crippen molar-refractivity contribution in [2.24, 2.45) is 5.92 Å². The fourth-order valence-corrected chi connectivity index (χ4v) is 5.21. The predicted octanol–water partition coefficient (Wildman–Crippen LogP) is 4.28. The largest absolute Gasteiger partial charge is 0.356 e. The van der Waals surface area contributed by atoms with Crippen molar-refractivity contribution in [2.45, 2.75) is 44.2 Å². The van der Waals surface area contributed by atoms with Crippen molar-refractivity contribution in [1.82, 2.24) is 14.9 Å². The number of fused-ring (bicyclic) bond motifs is 1. The van der Waals surface area contributed by atoms with Gasteiger partial charge >= 0.3 is 0 Å². The standard InChI is InChI=1S/C19H26N4OS2/c1-13-6-10-23(11-7-13)18(24)15-12-14-16(22-8-4-3-5-9-22)20-19(25-2)21-17(14)26-15/h12-13H,3-11H2,1-2H3. The van der Waals surface area contributed by atoms with Crippen molar-refractivity contribution in [2.75, 3.05) is 37.3 Å². The molecule has 2 aliphatic heterocycles. The molecule has 4 rings (SSSR count). The number of carbonyl (C=O) groups is 1. The van der Waals surface area contributed by atoms with Crippen LogP contribution in [-0.4, -0.2) is 53.2 Å². The maximum Gasteiger partial charge on any atom is 0.264 e. The van der Waals surface area contributed by atoms with E-state index in [4.69, 9.17) is 4.98 Å². The number of piperidine rings is 2. The average molecular weight is 391 g/mol. The second-order valence-corrected chi connectivity index (χ2v) is 9.19. The summed E-state index contributed by atoms with van der Waals surface area (Å²) in [6, 6.07) is 2.04. The van der Waals surface area contributed by atoms with Crippen molar-refractivity contribution in [3.05, 3.63) is 10.9 Å². The van der Waals surface area contributed by atoms with E-state index in [1.165, 1.54) is 30.6 Å². The molecule has 5 nitrogen and oxygen atoms in total. The summed E-state index contributed by atoms with van der Waals surface area (Å²) in [5, 5.41) is 1.84. The molecule has 2 aromatic heterocycles. The van der Waals surface area contributed by atoms with E-state index >= 15 is 0 Å². The van der Waals surface area contributed by atoms with E-state index in [1.807, 2.05) is 17.2 Å². The molecule has 0 spiro atoms. The van der Waals surface area contributed by atoms with Gasteiger partial charge in [0.05, 0.1) is 10.3 Å². The highest BCUT2D eigenvalue weighted by Gasteiger charge is 2.25. The third kappa shape index (κ3) is 3.56. The molecule has 7 heteroatoms. The van der Waals surface area contributed by atoms with E-state index in [-0.39, 0.29) is 5.91 Å². The summed E-state index contributed by atoms with van der Waals surface area (Å²) in [5.74, 6) is 1.90. The van der Waals surface area contributed by atoms with Gasteiger partial charge in [-0.25, -0.2) is 9.97 Å². The number of likely N-dealkylation sites (tertiary alicyclic amines) is 1. The minimum absolute atomic E-state index is 0.162. The van der Waals surface area contributed by atoms with Crippen LogP contribution in [0.15, 0.2) is 11.2 Å². The minimum Gasteiger partial charge on any atom is -0.356 e. The summed E-state index contributed by atoms with van der Waals surface area (Å²) in [6.45, 7) is 6.10. The number of aromatic nitrogens is 2. The van der Waals surface area contributed by atoms with Crippen LogP contribution in [0.25, 0.3) is 10.2 Å². The molecule has 2 saturated heterocycles. The molecule has 0 radical (unpaired) electrons. The van der Waals surface area contributed by atoms with Gasteiger partial charge < -0.3 is 9.80 Å². The van der Waals surface area contributed by atoms with E-state index in [1.54, 1.807) is 11.8 Å². The zero-order chi connectivity index (χ0) is 18.1. The number of anilines is 1. The smallest absolute Gasteiger partial charge is 0.264 e. The zero-order valence-electron chi connectivity index (χ0n) is 15.5. The minimum atomic E-state index is 0.162. The second-order valence-electron chi connectivity index (χ2n) is 7.39. The molecule has 26 heavy (non-hydrogen) atoms. The first-order valence-corrected chi connectivity index (χ1v) is 11.6. The summed E-state index contributed by atoms with van der Waals surface area (Å²) in [6.07, 6.45) is 7.93. The number of hydrogen-bond acceptors (Lipinski definition) is 6. The van der Waals surface area contributed by atoms with Gasteiger partial charge in [0.2, 0.25) is 0 Å². The summed E-state index contributed by atoms with van der Waals surface area (Å²) in [5.41, 5.74) is 0. The first-order valence-electron chi connectivity index (χ1n) is 9.55. The normalized spacial score (nSPS) is 19.3. The van der Waals surface area contributed by atoms with Crippen LogP contribution in [0.2, 0.25) is 0 Å². The SMILES string of the molecule is CSc1nc(N2CCCCC2)c2cc(C(=O)N3CCC(C)CC3)sc2n1. The predicted molar refractivity (Wildman–Crippen MR) is 110 cm³/mol. The molecule has 0 aromatic carbocycles. The quantitative estimate of drug-likeness (QED) is 0.578. The Balaban J connectivity index is 1.68. The van der Waals surface area contributed by atoms with Crippen molar-refractivity contribution >= 4 is 45.0 Å². The van der Waals surface area contributed by atoms with Crippen LogP contribution in [0.4, 0.5) is 5.82 Å². The first-order chi connectivity index (χ1) is 12.7. The van der Waals surface area contributed by atoms with Crippen molar-refractivity contribution in [3.8, 4) is 0 Å². The van der Waals surface area contributed by atoms with Crippen LogP contribution < -0.4 is 4.90 Å². The molecule has 140 valence electrons. The van der Waals surface area contributed by atoms with Gasteiger partial charge in [-0.3, -0.25) is 4.79 Å². The Bertz CT molecular complexity index is 792. The highest BCUT2D eigenvalue weighted by Crippen LogP contribution is 2.34. The molecule has 0 aliphatic carbocycles. The number of amides is 1. The van der Waals surface area contributed by atoms with E-state index < -0.39 is 0 Å². The van der Waals surface area contributed by atoms with Gasteiger partial charge in [0.15, 0.2) is 5.16 Å². The maximum absolute atomic E-state index is 13.0. The highest BCUT2D eigenvalue weighted by atomic mass is 32.2. The Labute approximate surface area is 163 Å². The van der Waals surface area contributed by atoms with Gasteiger partial charge in [0.25, 0.3) is 5.91 Å². The van der Waals surface area contributed by atoms with Crippen LogP contribution in [0.1, 0.15) is 48.7 Å². The average Bonchev–Trinajstić information content (AvgIpc) is 3.12. The molecule has 0 bridgehead atoms. The fourth-order valence-electron chi connectivity index (χ4n) is 3.80. The molecule has 0 unspecified atom stereocenters.